The number of hydrogen-bond acceptors (Lipinski definition) is 2. The average Bonchev–Trinajstić information content (AvgIpc) is 2.53. The van der Waals surface area contributed by atoms with Gasteiger partial charge in [0.25, 0.3) is 0 Å². The first-order chi connectivity index (χ1) is 10.1. The highest BCUT2D eigenvalue weighted by molar-refractivity contribution is 8.00. The number of carbonyl (C=O) groups is 1. The van der Waals surface area contributed by atoms with Gasteiger partial charge in [0, 0.05) is 10.5 Å². The van der Waals surface area contributed by atoms with E-state index in [1.165, 1.54) is 5.56 Å². The minimum Gasteiger partial charge on any atom is -0.293 e. The van der Waals surface area contributed by atoms with Crippen molar-refractivity contribution in [2.45, 2.75) is 43.3 Å². The summed E-state index contributed by atoms with van der Waals surface area (Å²) in [6.45, 7) is 6.45. The lowest BCUT2D eigenvalue weighted by molar-refractivity contribution is 0.0988. The van der Waals surface area contributed by atoms with Crippen LogP contribution in [-0.2, 0) is 0 Å². The Morgan fingerprint density at radius 2 is 1.62 bits per heavy atom. The van der Waals surface area contributed by atoms with Gasteiger partial charge in [0.2, 0.25) is 0 Å². The zero-order valence-corrected chi connectivity index (χ0v) is 13.7. The molecule has 110 valence electrons. The molecule has 2 heteroatoms. The molecule has 1 unspecified atom stereocenters. The van der Waals surface area contributed by atoms with E-state index in [4.69, 9.17) is 0 Å². The van der Waals surface area contributed by atoms with E-state index in [9.17, 15) is 4.79 Å². The molecule has 0 spiro atoms. The molecule has 0 N–H and O–H groups in total. The summed E-state index contributed by atoms with van der Waals surface area (Å²) in [5.41, 5.74) is 2.14. The van der Waals surface area contributed by atoms with Crippen LogP contribution in [0.3, 0.4) is 0 Å². The molecule has 2 rings (SSSR count). The van der Waals surface area contributed by atoms with E-state index in [-0.39, 0.29) is 11.0 Å². The molecule has 2 aromatic rings. The summed E-state index contributed by atoms with van der Waals surface area (Å²) in [6.07, 6.45) is 0.838. The van der Waals surface area contributed by atoms with Crippen molar-refractivity contribution in [2.24, 2.45) is 0 Å². The number of rotatable bonds is 6. The van der Waals surface area contributed by atoms with Crippen molar-refractivity contribution in [3.05, 3.63) is 65.7 Å². The monoisotopic (exact) mass is 298 g/mol. The van der Waals surface area contributed by atoms with Gasteiger partial charge in [0.05, 0.1) is 5.25 Å². The highest BCUT2D eigenvalue weighted by Crippen LogP contribution is 2.29. The number of thioether (sulfide) groups is 1. The van der Waals surface area contributed by atoms with Crippen LogP contribution >= 0.6 is 11.8 Å². The SMILES string of the molecule is CCC(Sc1ccc(C(C)C)cc1)C(=O)c1ccccc1. The summed E-state index contributed by atoms with van der Waals surface area (Å²) in [6, 6.07) is 18.1. The van der Waals surface area contributed by atoms with Crippen LogP contribution in [0.15, 0.2) is 59.5 Å². The van der Waals surface area contributed by atoms with Crippen molar-refractivity contribution >= 4 is 17.5 Å². The van der Waals surface area contributed by atoms with Crippen LogP contribution in [-0.4, -0.2) is 11.0 Å². The molecule has 0 radical (unpaired) electrons. The van der Waals surface area contributed by atoms with Crippen molar-refractivity contribution in [2.75, 3.05) is 0 Å². The summed E-state index contributed by atoms with van der Waals surface area (Å²) in [4.78, 5) is 13.7. The molecule has 1 nitrogen and oxygen atoms in total. The molecular weight excluding hydrogens is 276 g/mol. The Bertz CT molecular complexity index is 572. The van der Waals surface area contributed by atoms with E-state index in [1.54, 1.807) is 11.8 Å². The first-order valence-corrected chi connectivity index (χ1v) is 8.35. The molecule has 0 aliphatic heterocycles. The van der Waals surface area contributed by atoms with E-state index >= 15 is 0 Å². The zero-order chi connectivity index (χ0) is 15.2. The van der Waals surface area contributed by atoms with Crippen LogP contribution < -0.4 is 0 Å². The Balaban J connectivity index is 2.10. The van der Waals surface area contributed by atoms with Crippen molar-refractivity contribution in [1.29, 1.82) is 0 Å². The van der Waals surface area contributed by atoms with Gasteiger partial charge in [-0.15, -0.1) is 11.8 Å². The highest BCUT2D eigenvalue weighted by Gasteiger charge is 2.19. The summed E-state index contributed by atoms with van der Waals surface area (Å²) in [7, 11) is 0. The van der Waals surface area contributed by atoms with Gasteiger partial charge in [-0.25, -0.2) is 0 Å². The highest BCUT2D eigenvalue weighted by atomic mass is 32.2. The Labute approximate surface area is 131 Å². The minimum atomic E-state index is -0.0164. The normalized spacial score (nSPS) is 12.4. The first kappa shape index (κ1) is 15.8. The number of carbonyl (C=O) groups excluding carboxylic acids is 1. The molecule has 0 amide bonds. The topological polar surface area (TPSA) is 17.1 Å². The fourth-order valence-electron chi connectivity index (χ4n) is 2.21. The van der Waals surface area contributed by atoms with Crippen LogP contribution in [0.1, 0.15) is 49.0 Å². The number of benzene rings is 2. The molecule has 0 bridgehead atoms. The third-order valence-electron chi connectivity index (χ3n) is 3.55. The second kappa shape index (κ2) is 7.46. The number of hydrogen-bond donors (Lipinski definition) is 0. The van der Waals surface area contributed by atoms with Crippen LogP contribution in [0, 0.1) is 0 Å². The maximum atomic E-state index is 12.5. The van der Waals surface area contributed by atoms with E-state index in [0.717, 1.165) is 16.9 Å². The van der Waals surface area contributed by atoms with Crippen molar-refractivity contribution in [3.8, 4) is 0 Å². The van der Waals surface area contributed by atoms with Crippen LogP contribution in [0.5, 0.6) is 0 Å². The van der Waals surface area contributed by atoms with Crippen molar-refractivity contribution < 1.29 is 4.79 Å². The van der Waals surface area contributed by atoms with Gasteiger partial charge in [-0.05, 0) is 30.0 Å². The van der Waals surface area contributed by atoms with Crippen LogP contribution in [0.2, 0.25) is 0 Å². The van der Waals surface area contributed by atoms with E-state index in [0.29, 0.717) is 5.92 Å². The molecule has 0 aliphatic rings. The summed E-state index contributed by atoms with van der Waals surface area (Å²) < 4.78 is 0. The Morgan fingerprint density at radius 3 is 2.14 bits per heavy atom. The third-order valence-corrected chi connectivity index (χ3v) is 4.92. The number of ketones is 1. The quantitative estimate of drug-likeness (QED) is 0.512. The molecule has 0 saturated heterocycles. The Kier molecular flexibility index (Phi) is 5.63. The lowest BCUT2D eigenvalue weighted by Crippen LogP contribution is -2.16. The van der Waals surface area contributed by atoms with Gasteiger partial charge in [-0.3, -0.25) is 4.79 Å². The molecule has 0 fully saturated rings. The number of Topliss-reactive ketones (excluding diaryl/α,β-unsaturated/α-hetero) is 1. The van der Waals surface area contributed by atoms with Crippen molar-refractivity contribution in [1.82, 2.24) is 0 Å². The summed E-state index contributed by atoms with van der Waals surface area (Å²) >= 11 is 1.66. The third kappa shape index (κ3) is 4.21. The average molecular weight is 298 g/mol. The second-order valence-electron chi connectivity index (χ2n) is 5.47. The van der Waals surface area contributed by atoms with Gasteiger partial charge >= 0.3 is 0 Å². The predicted molar refractivity (Wildman–Crippen MR) is 91.2 cm³/mol. The molecule has 1 atom stereocenters. The molecule has 0 aliphatic carbocycles. The maximum Gasteiger partial charge on any atom is 0.176 e. The van der Waals surface area contributed by atoms with Gasteiger partial charge in [-0.2, -0.15) is 0 Å². The molecule has 0 aromatic heterocycles. The van der Waals surface area contributed by atoms with Crippen molar-refractivity contribution in [3.63, 3.8) is 0 Å². The van der Waals surface area contributed by atoms with Crippen LogP contribution in [0.4, 0.5) is 0 Å². The lowest BCUT2D eigenvalue weighted by Gasteiger charge is -2.14. The first-order valence-electron chi connectivity index (χ1n) is 7.47. The van der Waals surface area contributed by atoms with Gasteiger partial charge in [-0.1, -0.05) is 63.2 Å². The standard InChI is InChI=1S/C19H22OS/c1-4-18(19(20)16-8-6-5-7-9-16)21-17-12-10-15(11-13-17)14(2)3/h5-14,18H,4H2,1-3H3. The molecule has 0 saturated carbocycles. The van der Waals surface area contributed by atoms with E-state index in [2.05, 4.69) is 45.0 Å². The molecule has 21 heavy (non-hydrogen) atoms. The lowest BCUT2D eigenvalue weighted by atomic mass is 10.0. The summed E-state index contributed by atoms with van der Waals surface area (Å²) in [5.74, 6) is 0.757. The predicted octanol–water partition coefficient (Wildman–Crippen LogP) is 5.56. The second-order valence-corrected chi connectivity index (χ2v) is 6.74. The minimum absolute atomic E-state index is 0.0164. The summed E-state index contributed by atoms with van der Waals surface area (Å²) in [5, 5.41) is -0.0164. The van der Waals surface area contributed by atoms with Crippen LogP contribution in [0.25, 0.3) is 0 Å². The Morgan fingerprint density at radius 1 is 1.00 bits per heavy atom. The van der Waals surface area contributed by atoms with Gasteiger partial charge in [0.1, 0.15) is 0 Å². The zero-order valence-electron chi connectivity index (χ0n) is 12.9. The fraction of sp³-hybridized carbons (Fsp3) is 0.316. The largest absolute Gasteiger partial charge is 0.293 e. The maximum absolute atomic E-state index is 12.5. The van der Waals surface area contributed by atoms with Gasteiger partial charge < -0.3 is 0 Å². The molecular formula is C19H22OS. The fourth-order valence-corrected chi connectivity index (χ4v) is 3.24. The molecule has 2 aromatic carbocycles. The molecule has 0 heterocycles. The Hall–Kier alpha value is -1.54. The smallest absolute Gasteiger partial charge is 0.176 e. The van der Waals surface area contributed by atoms with E-state index < -0.39 is 0 Å². The van der Waals surface area contributed by atoms with E-state index in [1.807, 2.05) is 30.3 Å². The van der Waals surface area contributed by atoms with Gasteiger partial charge in [0.15, 0.2) is 5.78 Å².